The fourth-order valence-electron chi connectivity index (χ4n) is 1.57. The maximum Gasteiger partial charge on any atom is 0.151 e. The molecule has 0 aromatic heterocycles. The minimum absolute atomic E-state index is 0.347. The zero-order chi connectivity index (χ0) is 9.36. The average Bonchev–Trinajstić information content (AvgIpc) is 2.58. The maximum atomic E-state index is 9.05. The fraction of sp³-hybridized carbons (Fsp3) is 0.333. The van der Waals surface area contributed by atoms with Gasteiger partial charge in [0.2, 0.25) is 0 Å². The summed E-state index contributed by atoms with van der Waals surface area (Å²) in [5, 5.41) is 18.1. The number of rotatable bonds is 0. The van der Waals surface area contributed by atoms with Crippen molar-refractivity contribution in [2.75, 3.05) is 6.54 Å². The minimum atomic E-state index is -0.948. The van der Waals surface area contributed by atoms with Gasteiger partial charge >= 0.3 is 0 Å². The fourth-order valence-corrected chi connectivity index (χ4v) is 1.57. The van der Waals surface area contributed by atoms with E-state index in [9.17, 15) is 0 Å². The summed E-state index contributed by atoms with van der Waals surface area (Å²) in [5.41, 5.74) is -1.78. The first-order valence-electron chi connectivity index (χ1n) is 3.84. The van der Waals surface area contributed by atoms with E-state index in [4.69, 9.17) is 10.5 Å². The molecule has 2 unspecified atom stereocenters. The predicted octanol–water partition coefficient (Wildman–Crippen LogP) is 0.689. The second-order valence-corrected chi connectivity index (χ2v) is 3.13. The molecular formula is C9H6N4. The van der Waals surface area contributed by atoms with Crippen molar-refractivity contribution in [3.63, 3.8) is 0 Å². The number of aliphatic imine (C=N–C) groups is 2. The monoisotopic (exact) mass is 170 g/mol. The van der Waals surface area contributed by atoms with Crippen LogP contribution in [0.15, 0.2) is 22.3 Å². The number of nitrogens with zero attached hydrogens (tertiary/aromatic N) is 4. The molecule has 0 amide bonds. The third-order valence-electron chi connectivity index (χ3n) is 2.48. The number of nitriles is 2. The highest BCUT2D eigenvalue weighted by Crippen LogP contribution is 2.43. The van der Waals surface area contributed by atoms with Crippen molar-refractivity contribution >= 4 is 12.4 Å². The first-order valence-corrected chi connectivity index (χ1v) is 3.84. The molecule has 62 valence electrons. The van der Waals surface area contributed by atoms with Crippen LogP contribution in [0.25, 0.3) is 0 Å². The Hall–Kier alpha value is -1.94. The smallest absolute Gasteiger partial charge is 0.151 e. The lowest BCUT2D eigenvalue weighted by molar-refractivity contribution is 0.444. The summed E-state index contributed by atoms with van der Waals surface area (Å²) in [5.74, 6) is 0. The summed E-state index contributed by atoms with van der Waals surface area (Å²) in [7, 11) is 0. The average molecular weight is 170 g/mol. The van der Waals surface area contributed by atoms with Crippen molar-refractivity contribution in [1.82, 2.24) is 0 Å². The van der Waals surface area contributed by atoms with Gasteiger partial charge in [-0.2, -0.15) is 10.5 Å². The van der Waals surface area contributed by atoms with Gasteiger partial charge in [0.1, 0.15) is 5.41 Å². The van der Waals surface area contributed by atoms with Gasteiger partial charge in [0, 0.05) is 18.6 Å². The molecule has 0 spiro atoms. The maximum absolute atomic E-state index is 9.05. The molecule has 0 aliphatic carbocycles. The Bertz CT molecular complexity index is 406. The van der Waals surface area contributed by atoms with Crippen LogP contribution in [0.1, 0.15) is 0 Å². The Kier molecular flexibility index (Phi) is 1.35. The lowest BCUT2D eigenvalue weighted by Crippen LogP contribution is -2.40. The van der Waals surface area contributed by atoms with E-state index >= 15 is 0 Å². The molecule has 2 heterocycles. The quantitative estimate of drug-likeness (QED) is 0.536. The van der Waals surface area contributed by atoms with Crippen molar-refractivity contribution in [2.45, 2.75) is 0 Å². The van der Waals surface area contributed by atoms with Crippen LogP contribution < -0.4 is 0 Å². The largest absolute Gasteiger partial charge is 0.293 e. The molecule has 0 aromatic carbocycles. The van der Waals surface area contributed by atoms with E-state index in [-0.39, 0.29) is 0 Å². The van der Waals surface area contributed by atoms with Gasteiger partial charge in [-0.1, -0.05) is 0 Å². The summed E-state index contributed by atoms with van der Waals surface area (Å²) >= 11 is 0. The van der Waals surface area contributed by atoms with Crippen molar-refractivity contribution in [3.05, 3.63) is 12.3 Å². The third-order valence-corrected chi connectivity index (χ3v) is 2.48. The van der Waals surface area contributed by atoms with Crippen LogP contribution in [0.5, 0.6) is 0 Å². The predicted molar refractivity (Wildman–Crippen MR) is 47.1 cm³/mol. The van der Waals surface area contributed by atoms with E-state index in [1.54, 1.807) is 12.3 Å². The second kappa shape index (κ2) is 2.27. The van der Waals surface area contributed by atoms with Gasteiger partial charge in [0.05, 0.1) is 18.7 Å². The minimum Gasteiger partial charge on any atom is -0.293 e. The van der Waals surface area contributed by atoms with Crippen LogP contribution in [0.2, 0.25) is 0 Å². The molecular weight excluding hydrogens is 164 g/mol. The van der Waals surface area contributed by atoms with Crippen LogP contribution >= 0.6 is 0 Å². The Balaban J connectivity index is 2.62. The second-order valence-electron chi connectivity index (χ2n) is 3.13. The van der Waals surface area contributed by atoms with Gasteiger partial charge in [-0.25, -0.2) is 0 Å². The molecule has 0 bridgehead atoms. The van der Waals surface area contributed by atoms with Gasteiger partial charge in [-0.05, 0) is 6.08 Å². The van der Waals surface area contributed by atoms with Crippen LogP contribution in [-0.4, -0.2) is 19.0 Å². The molecule has 2 atom stereocenters. The lowest BCUT2D eigenvalue weighted by Gasteiger charge is -2.29. The van der Waals surface area contributed by atoms with Crippen LogP contribution in [0.4, 0.5) is 0 Å². The van der Waals surface area contributed by atoms with E-state index in [0.717, 1.165) is 0 Å². The van der Waals surface area contributed by atoms with Gasteiger partial charge in [-0.3, -0.25) is 9.98 Å². The highest BCUT2D eigenvalue weighted by molar-refractivity contribution is 5.98. The van der Waals surface area contributed by atoms with Crippen LogP contribution in [0.3, 0.4) is 0 Å². The van der Waals surface area contributed by atoms with Gasteiger partial charge < -0.3 is 0 Å². The number of hydrogen-bond acceptors (Lipinski definition) is 4. The molecule has 2 aliphatic rings. The Morgan fingerprint density at radius 2 is 2.08 bits per heavy atom. The van der Waals surface area contributed by atoms with Crippen LogP contribution in [0, 0.1) is 33.5 Å². The highest BCUT2D eigenvalue weighted by Gasteiger charge is 2.53. The standard InChI is InChI=1S/C9H6N4/c10-3-8-1-2-12-6-9(8,4-11)7-13-5-8/h1-2,6-7H,5H2. The summed E-state index contributed by atoms with van der Waals surface area (Å²) in [6.45, 7) is 0.347. The number of fused-ring (bicyclic) bond motifs is 1. The number of hydrogen-bond donors (Lipinski definition) is 0. The summed E-state index contributed by atoms with van der Waals surface area (Å²) < 4.78 is 0. The van der Waals surface area contributed by atoms with E-state index in [1.165, 1.54) is 12.4 Å². The van der Waals surface area contributed by atoms with Gasteiger partial charge in [0.25, 0.3) is 0 Å². The van der Waals surface area contributed by atoms with Gasteiger partial charge in [-0.15, -0.1) is 0 Å². The molecule has 4 heteroatoms. The van der Waals surface area contributed by atoms with E-state index in [2.05, 4.69) is 22.1 Å². The van der Waals surface area contributed by atoms with Crippen molar-refractivity contribution in [2.24, 2.45) is 20.8 Å². The molecule has 4 nitrogen and oxygen atoms in total. The van der Waals surface area contributed by atoms with E-state index in [0.29, 0.717) is 6.54 Å². The van der Waals surface area contributed by atoms with E-state index < -0.39 is 10.8 Å². The first kappa shape index (κ1) is 7.70. The molecule has 13 heavy (non-hydrogen) atoms. The van der Waals surface area contributed by atoms with Crippen LogP contribution in [-0.2, 0) is 0 Å². The normalized spacial score (nSPS) is 39.5. The Morgan fingerprint density at radius 1 is 1.23 bits per heavy atom. The highest BCUT2D eigenvalue weighted by atomic mass is 14.9. The molecule has 0 fully saturated rings. The molecule has 0 N–H and O–H groups in total. The van der Waals surface area contributed by atoms with E-state index in [1.807, 2.05) is 0 Å². The zero-order valence-corrected chi connectivity index (χ0v) is 6.81. The third kappa shape index (κ3) is 0.723. The molecule has 0 aromatic rings. The molecule has 0 radical (unpaired) electrons. The Morgan fingerprint density at radius 3 is 2.69 bits per heavy atom. The Labute approximate surface area is 75.5 Å². The molecule has 2 aliphatic heterocycles. The molecule has 2 rings (SSSR count). The summed E-state index contributed by atoms with van der Waals surface area (Å²) in [6.07, 6.45) is 6.21. The van der Waals surface area contributed by atoms with Crippen molar-refractivity contribution in [1.29, 1.82) is 10.5 Å². The molecule has 0 saturated carbocycles. The SMILES string of the molecule is N#CC12C=NC=CC1(C#N)CN=C2. The molecule has 0 saturated heterocycles. The topological polar surface area (TPSA) is 72.3 Å². The zero-order valence-electron chi connectivity index (χ0n) is 6.81. The lowest BCUT2D eigenvalue weighted by atomic mass is 9.67. The summed E-state index contributed by atoms with van der Waals surface area (Å²) in [6, 6.07) is 4.24. The first-order chi connectivity index (χ1) is 6.29. The van der Waals surface area contributed by atoms with Crippen molar-refractivity contribution < 1.29 is 0 Å². The van der Waals surface area contributed by atoms with Crippen molar-refractivity contribution in [3.8, 4) is 12.1 Å². The summed E-state index contributed by atoms with van der Waals surface area (Å²) in [4.78, 5) is 7.89. The van der Waals surface area contributed by atoms with Gasteiger partial charge in [0.15, 0.2) is 5.41 Å².